The van der Waals surface area contributed by atoms with Crippen molar-refractivity contribution in [2.45, 2.75) is 187 Å². The third-order valence-electron chi connectivity index (χ3n) is 8.89. The van der Waals surface area contributed by atoms with Gasteiger partial charge in [0.1, 0.15) is 12.7 Å². The molecule has 0 bridgehead atoms. The highest BCUT2D eigenvalue weighted by Crippen LogP contribution is 2.43. The third-order valence-corrected chi connectivity index (χ3v) is 9.85. The molecule has 3 N–H and O–H groups in total. The maximum Gasteiger partial charge on any atom is 0.472 e. The van der Waals surface area contributed by atoms with Gasteiger partial charge in [-0.15, -0.1) is 0 Å². The molecule has 3 atom stereocenters. The Morgan fingerprint density at radius 3 is 1.50 bits per heavy atom. The third kappa shape index (κ3) is 39.9. The van der Waals surface area contributed by atoms with E-state index < -0.39 is 51.8 Å². The summed E-state index contributed by atoms with van der Waals surface area (Å²) in [4.78, 5) is 34.9. The van der Waals surface area contributed by atoms with Gasteiger partial charge in [-0.05, 0) is 77.0 Å². The zero-order valence-electron chi connectivity index (χ0n) is 35.1. The molecule has 0 spiro atoms. The molecule has 0 radical (unpaired) electrons. The van der Waals surface area contributed by atoms with Gasteiger partial charge in [0.15, 0.2) is 6.10 Å². The lowest BCUT2D eigenvalue weighted by Gasteiger charge is -2.20. The van der Waals surface area contributed by atoms with E-state index in [2.05, 4.69) is 73.1 Å². The van der Waals surface area contributed by atoms with Crippen molar-refractivity contribution >= 4 is 19.8 Å². The topological polar surface area (TPSA) is 149 Å². The van der Waals surface area contributed by atoms with Gasteiger partial charge in [-0.25, -0.2) is 4.57 Å². The van der Waals surface area contributed by atoms with Crippen LogP contribution in [0.4, 0.5) is 0 Å². The zero-order valence-corrected chi connectivity index (χ0v) is 36.0. The van der Waals surface area contributed by atoms with E-state index in [1.807, 2.05) is 6.08 Å². The molecule has 0 rings (SSSR count). The number of carbonyl (C=O) groups excluding carboxylic acids is 2. The maximum absolute atomic E-state index is 12.6. The largest absolute Gasteiger partial charge is 0.472 e. The summed E-state index contributed by atoms with van der Waals surface area (Å²) in [6, 6.07) is 0. The Morgan fingerprint density at radius 2 is 0.946 bits per heavy atom. The minimum atomic E-state index is -4.63. The van der Waals surface area contributed by atoms with Crippen LogP contribution in [-0.2, 0) is 32.7 Å². The number of unbranched alkanes of at least 4 members (excludes halogenated alkanes) is 16. The van der Waals surface area contributed by atoms with Crippen LogP contribution in [-0.4, -0.2) is 65.7 Å². The number of ether oxygens (including phenoxy) is 2. The fourth-order valence-corrected chi connectivity index (χ4v) is 6.30. The van der Waals surface area contributed by atoms with Crippen molar-refractivity contribution in [3.05, 3.63) is 60.8 Å². The van der Waals surface area contributed by atoms with Gasteiger partial charge in [0, 0.05) is 12.8 Å². The molecule has 324 valence electrons. The lowest BCUT2D eigenvalue weighted by atomic mass is 10.1. The van der Waals surface area contributed by atoms with E-state index in [9.17, 15) is 24.2 Å². The fraction of sp³-hybridized carbons (Fsp3) is 0.733. The van der Waals surface area contributed by atoms with Crippen LogP contribution in [0.15, 0.2) is 60.8 Å². The molecule has 1 unspecified atom stereocenters. The molecule has 0 saturated heterocycles. The smallest absolute Gasteiger partial charge is 0.462 e. The number of allylic oxidation sites excluding steroid dienone is 10. The molecule has 0 aliphatic rings. The van der Waals surface area contributed by atoms with E-state index in [1.54, 1.807) is 0 Å². The average molecular weight is 811 g/mol. The predicted molar refractivity (Wildman–Crippen MR) is 228 cm³/mol. The summed E-state index contributed by atoms with van der Waals surface area (Å²) in [5, 5.41) is 18.3. The van der Waals surface area contributed by atoms with Crippen molar-refractivity contribution in [1.82, 2.24) is 0 Å². The Bertz CT molecular complexity index is 1120. The molecule has 0 aliphatic carbocycles. The number of aliphatic hydroxyl groups is 2. The molecule has 0 aromatic rings. The predicted octanol–water partition coefficient (Wildman–Crippen LogP) is 11.5. The average Bonchev–Trinajstić information content (AvgIpc) is 3.19. The molecular weight excluding hydrogens is 731 g/mol. The monoisotopic (exact) mass is 811 g/mol. The van der Waals surface area contributed by atoms with Gasteiger partial charge < -0.3 is 24.6 Å². The Hall–Kier alpha value is -2.33. The quantitative estimate of drug-likeness (QED) is 0.0236. The van der Waals surface area contributed by atoms with Crippen LogP contribution in [0.2, 0.25) is 0 Å². The molecule has 0 aromatic carbocycles. The molecule has 0 aromatic heterocycles. The minimum Gasteiger partial charge on any atom is -0.462 e. The first-order valence-corrected chi connectivity index (χ1v) is 23.2. The number of hydrogen-bond donors (Lipinski definition) is 3. The first-order valence-electron chi connectivity index (χ1n) is 21.7. The molecule has 0 saturated carbocycles. The molecule has 10 nitrogen and oxygen atoms in total. The standard InChI is InChI=1S/C45H79O10P/c1-3-5-7-9-11-13-15-17-18-19-20-21-22-23-24-25-27-29-31-33-35-37-45(49)55-43(41-54-56(50,51)53-39-42(47)38-46)40-52-44(48)36-34-32-30-28-26-16-14-12-10-8-6-4-2/h12,14,18-19,21-22,24-25,29,31,42-43,46-47H,3-11,13,15-17,20,23,26-28,30,32-41H2,1-2H3,(H,50,51)/b14-12+,19-18+,22-21+,25-24+,31-29+/t42-,43+/m0/s1. The van der Waals surface area contributed by atoms with Gasteiger partial charge in [-0.1, -0.05) is 145 Å². The van der Waals surface area contributed by atoms with E-state index in [0.29, 0.717) is 19.3 Å². The summed E-state index contributed by atoms with van der Waals surface area (Å²) in [5.41, 5.74) is 0. The van der Waals surface area contributed by atoms with Gasteiger partial charge in [0.05, 0.1) is 19.8 Å². The number of rotatable bonds is 40. The molecule has 0 fully saturated rings. The van der Waals surface area contributed by atoms with Crippen LogP contribution in [0.1, 0.15) is 174 Å². The van der Waals surface area contributed by atoms with Gasteiger partial charge in [0.2, 0.25) is 0 Å². The van der Waals surface area contributed by atoms with E-state index in [-0.39, 0.29) is 19.4 Å². The Balaban J connectivity index is 4.40. The molecular formula is C45H79O10P. The normalized spacial score (nSPS) is 14.4. The van der Waals surface area contributed by atoms with Crippen LogP contribution in [0.5, 0.6) is 0 Å². The lowest BCUT2D eigenvalue weighted by Crippen LogP contribution is -2.29. The molecule has 0 amide bonds. The summed E-state index contributed by atoms with van der Waals surface area (Å²) in [6.45, 7) is 2.27. The second-order valence-electron chi connectivity index (χ2n) is 14.4. The number of phosphoric acid groups is 1. The SMILES string of the molecule is CCCCC/C=C/CCCCCCCC(=O)OC[C@H](COP(=O)(O)OC[C@@H](O)CO)OC(=O)CCC/C=C/C/C=C/C/C=C/C/C=C/CCCCCCCCC. The number of carbonyl (C=O) groups is 2. The van der Waals surface area contributed by atoms with E-state index in [4.69, 9.17) is 19.1 Å². The van der Waals surface area contributed by atoms with Crippen molar-refractivity contribution in [3.63, 3.8) is 0 Å². The second kappa shape index (κ2) is 40.9. The molecule has 11 heteroatoms. The van der Waals surface area contributed by atoms with Crippen molar-refractivity contribution in [2.75, 3.05) is 26.4 Å². The Morgan fingerprint density at radius 1 is 0.536 bits per heavy atom. The van der Waals surface area contributed by atoms with Crippen molar-refractivity contribution in [1.29, 1.82) is 0 Å². The maximum atomic E-state index is 12.6. The van der Waals surface area contributed by atoms with Crippen LogP contribution < -0.4 is 0 Å². The summed E-state index contributed by atoms with van der Waals surface area (Å²) in [7, 11) is -4.63. The number of phosphoric ester groups is 1. The summed E-state index contributed by atoms with van der Waals surface area (Å²) < 4.78 is 32.6. The van der Waals surface area contributed by atoms with Crippen LogP contribution in [0.3, 0.4) is 0 Å². The minimum absolute atomic E-state index is 0.105. The van der Waals surface area contributed by atoms with Crippen molar-refractivity contribution in [2.24, 2.45) is 0 Å². The summed E-state index contributed by atoms with van der Waals surface area (Å²) in [5.74, 6) is -1.00. The first-order chi connectivity index (χ1) is 27.2. The van der Waals surface area contributed by atoms with Crippen LogP contribution in [0, 0.1) is 0 Å². The van der Waals surface area contributed by atoms with Crippen molar-refractivity contribution in [3.8, 4) is 0 Å². The highest BCUT2D eigenvalue weighted by Gasteiger charge is 2.27. The Labute approximate surface area is 340 Å². The zero-order chi connectivity index (χ0) is 41.2. The second-order valence-corrected chi connectivity index (χ2v) is 15.8. The molecule has 0 heterocycles. The van der Waals surface area contributed by atoms with Gasteiger partial charge in [0.25, 0.3) is 0 Å². The number of aliphatic hydroxyl groups excluding tert-OH is 2. The van der Waals surface area contributed by atoms with E-state index in [1.165, 1.54) is 70.6 Å². The first kappa shape index (κ1) is 53.7. The van der Waals surface area contributed by atoms with Crippen molar-refractivity contribution < 1.29 is 47.8 Å². The fourth-order valence-electron chi connectivity index (χ4n) is 5.51. The molecule has 56 heavy (non-hydrogen) atoms. The van der Waals surface area contributed by atoms with Crippen LogP contribution >= 0.6 is 7.82 Å². The number of esters is 2. The summed E-state index contributed by atoms with van der Waals surface area (Å²) in [6.07, 6.45) is 44.9. The van der Waals surface area contributed by atoms with Gasteiger partial charge in [-0.2, -0.15) is 0 Å². The lowest BCUT2D eigenvalue weighted by molar-refractivity contribution is -0.161. The molecule has 0 aliphatic heterocycles. The van der Waals surface area contributed by atoms with Gasteiger partial charge >= 0.3 is 19.8 Å². The highest BCUT2D eigenvalue weighted by atomic mass is 31.2. The summed E-state index contributed by atoms with van der Waals surface area (Å²) >= 11 is 0. The van der Waals surface area contributed by atoms with E-state index in [0.717, 1.165) is 57.8 Å². The van der Waals surface area contributed by atoms with Crippen LogP contribution in [0.25, 0.3) is 0 Å². The van der Waals surface area contributed by atoms with E-state index >= 15 is 0 Å². The highest BCUT2D eigenvalue weighted by molar-refractivity contribution is 7.47. The Kier molecular flexibility index (Phi) is 39.2. The number of hydrogen-bond acceptors (Lipinski definition) is 9. The van der Waals surface area contributed by atoms with Gasteiger partial charge in [-0.3, -0.25) is 18.6 Å².